The third-order valence-electron chi connectivity index (χ3n) is 4.78. The number of nitrogens with one attached hydrogen (secondary N) is 1. The normalized spacial score (nSPS) is 30.0. The molecule has 0 aromatic rings. The minimum Gasteiger partial charge on any atom is -0.374 e. The van der Waals surface area contributed by atoms with Gasteiger partial charge in [0.25, 0.3) is 0 Å². The summed E-state index contributed by atoms with van der Waals surface area (Å²) in [5.74, 6) is 0. The van der Waals surface area contributed by atoms with Gasteiger partial charge in [0, 0.05) is 31.7 Å². The van der Waals surface area contributed by atoms with Crippen molar-refractivity contribution in [2.45, 2.75) is 77.0 Å². The molecule has 0 bridgehead atoms. The Bertz CT molecular complexity index is 247. The Kier molecular flexibility index (Phi) is 6.62. The summed E-state index contributed by atoms with van der Waals surface area (Å²) in [4.78, 5) is 2.65. The Morgan fingerprint density at radius 3 is 2.95 bits per heavy atom. The lowest BCUT2D eigenvalue weighted by Gasteiger charge is -2.43. The summed E-state index contributed by atoms with van der Waals surface area (Å²) < 4.78 is 5.92. The van der Waals surface area contributed by atoms with Crippen LogP contribution in [0.3, 0.4) is 0 Å². The van der Waals surface area contributed by atoms with Crippen molar-refractivity contribution in [2.24, 2.45) is 0 Å². The molecule has 2 saturated heterocycles. The van der Waals surface area contributed by atoms with Crippen molar-refractivity contribution in [3.8, 4) is 0 Å². The SMILES string of the molecule is CCCCCCCC(C)N1CC[C@@H]2NCCO[C@H]2C1. The van der Waals surface area contributed by atoms with Crippen molar-refractivity contribution in [2.75, 3.05) is 26.2 Å². The maximum atomic E-state index is 5.92. The van der Waals surface area contributed by atoms with Crippen molar-refractivity contribution in [1.82, 2.24) is 10.2 Å². The van der Waals surface area contributed by atoms with Crippen LogP contribution >= 0.6 is 0 Å². The number of fused-ring (bicyclic) bond motifs is 1. The largest absolute Gasteiger partial charge is 0.374 e. The molecule has 3 nitrogen and oxygen atoms in total. The standard InChI is InChI=1S/C16H32N2O/c1-3-4-5-6-7-8-14(2)18-11-9-15-16(13-18)19-12-10-17-15/h14-17H,3-13H2,1-2H3/t14?,15-,16-/m0/s1. The third-order valence-corrected chi connectivity index (χ3v) is 4.78. The second kappa shape index (κ2) is 8.23. The van der Waals surface area contributed by atoms with Crippen LogP contribution in [0.4, 0.5) is 0 Å². The fraction of sp³-hybridized carbons (Fsp3) is 1.00. The first-order valence-corrected chi connectivity index (χ1v) is 8.40. The summed E-state index contributed by atoms with van der Waals surface area (Å²) >= 11 is 0. The predicted molar refractivity (Wildman–Crippen MR) is 80.6 cm³/mol. The number of morpholine rings is 1. The lowest BCUT2D eigenvalue weighted by Crippen LogP contribution is -2.59. The summed E-state index contributed by atoms with van der Waals surface area (Å²) in [6.45, 7) is 8.98. The number of piperidine rings is 1. The molecule has 19 heavy (non-hydrogen) atoms. The highest BCUT2D eigenvalue weighted by Crippen LogP contribution is 2.21. The van der Waals surface area contributed by atoms with Gasteiger partial charge in [-0.1, -0.05) is 39.0 Å². The first-order chi connectivity index (χ1) is 9.31. The highest BCUT2D eigenvalue weighted by atomic mass is 16.5. The average molecular weight is 268 g/mol. The van der Waals surface area contributed by atoms with Crippen molar-refractivity contribution in [1.29, 1.82) is 0 Å². The molecule has 2 aliphatic rings. The van der Waals surface area contributed by atoms with Crippen LogP contribution in [0.15, 0.2) is 0 Å². The van der Waals surface area contributed by atoms with E-state index in [0.29, 0.717) is 12.1 Å². The van der Waals surface area contributed by atoms with Crippen LogP contribution in [-0.4, -0.2) is 49.3 Å². The van der Waals surface area contributed by atoms with Gasteiger partial charge >= 0.3 is 0 Å². The van der Waals surface area contributed by atoms with E-state index in [-0.39, 0.29) is 0 Å². The van der Waals surface area contributed by atoms with Crippen LogP contribution in [0.25, 0.3) is 0 Å². The number of nitrogens with zero attached hydrogens (tertiary/aromatic N) is 1. The predicted octanol–water partition coefficient (Wildman–Crippen LogP) is 2.80. The Morgan fingerprint density at radius 2 is 2.11 bits per heavy atom. The van der Waals surface area contributed by atoms with Gasteiger partial charge < -0.3 is 10.1 Å². The third kappa shape index (κ3) is 4.73. The molecule has 0 saturated carbocycles. The van der Waals surface area contributed by atoms with E-state index in [1.165, 1.54) is 51.5 Å². The molecule has 0 spiro atoms. The number of hydrogen-bond acceptors (Lipinski definition) is 3. The quantitative estimate of drug-likeness (QED) is 0.719. The van der Waals surface area contributed by atoms with E-state index in [1.54, 1.807) is 0 Å². The van der Waals surface area contributed by atoms with Crippen molar-refractivity contribution in [3.63, 3.8) is 0 Å². The Hall–Kier alpha value is -0.120. The zero-order chi connectivity index (χ0) is 13.5. The summed E-state index contributed by atoms with van der Waals surface area (Å²) in [5, 5.41) is 3.60. The molecular formula is C16H32N2O. The second-order valence-corrected chi connectivity index (χ2v) is 6.31. The monoisotopic (exact) mass is 268 g/mol. The number of rotatable bonds is 7. The van der Waals surface area contributed by atoms with Crippen LogP contribution in [0, 0.1) is 0 Å². The summed E-state index contributed by atoms with van der Waals surface area (Å²) in [7, 11) is 0. The molecule has 0 aliphatic carbocycles. The molecule has 2 fully saturated rings. The van der Waals surface area contributed by atoms with Crippen LogP contribution in [0.2, 0.25) is 0 Å². The van der Waals surface area contributed by atoms with E-state index < -0.39 is 0 Å². The van der Waals surface area contributed by atoms with Gasteiger partial charge in [0.1, 0.15) is 0 Å². The molecule has 2 aliphatic heterocycles. The molecule has 3 atom stereocenters. The van der Waals surface area contributed by atoms with E-state index in [1.807, 2.05) is 0 Å². The van der Waals surface area contributed by atoms with Crippen LogP contribution in [0.1, 0.15) is 58.8 Å². The van der Waals surface area contributed by atoms with Gasteiger partial charge in [0.2, 0.25) is 0 Å². The molecule has 2 rings (SSSR count). The number of ether oxygens (including phenoxy) is 1. The van der Waals surface area contributed by atoms with Crippen molar-refractivity contribution in [3.05, 3.63) is 0 Å². The number of hydrogen-bond donors (Lipinski definition) is 1. The summed E-state index contributed by atoms with van der Waals surface area (Å²) in [6, 6.07) is 1.34. The topological polar surface area (TPSA) is 24.5 Å². The molecule has 112 valence electrons. The molecule has 1 unspecified atom stereocenters. The van der Waals surface area contributed by atoms with E-state index in [9.17, 15) is 0 Å². The minimum atomic E-state index is 0.435. The maximum absolute atomic E-state index is 5.92. The van der Waals surface area contributed by atoms with Gasteiger partial charge in [-0.15, -0.1) is 0 Å². The Labute approximate surface area is 119 Å². The van der Waals surface area contributed by atoms with E-state index in [4.69, 9.17) is 4.74 Å². The van der Waals surface area contributed by atoms with Gasteiger partial charge in [-0.25, -0.2) is 0 Å². The summed E-state index contributed by atoms with van der Waals surface area (Å²) in [5.41, 5.74) is 0. The fourth-order valence-electron chi connectivity index (χ4n) is 3.42. The first kappa shape index (κ1) is 15.3. The molecule has 3 heteroatoms. The minimum absolute atomic E-state index is 0.435. The highest BCUT2D eigenvalue weighted by Gasteiger charge is 2.33. The number of likely N-dealkylation sites (tertiary alicyclic amines) is 1. The van der Waals surface area contributed by atoms with Crippen LogP contribution in [-0.2, 0) is 4.74 Å². The molecule has 0 amide bonds. The van der Waals surface area contributed by atoms with Crippen molar-refractivity contribution >= 4 is 0 Å². The Balaban J connectivity index is 1.64. The van der Waals surface area contributed by atoms with Gasteiger partial charge in [-0.2, -0.15) is 0 Å². The molecule has 1 N–H and O–H groups in total. The lowest BCUT2D eigenvalue weighted by molar-refractivity contribution is -0.0555. The van der Waals surface area contributed by atoms with Crippen LogP contribution < -0.4 is 5.32 Å². The number of unbranched alkanes of at least 4 members (excludes halogenated alkanes) is 4. The maximum Gasteiger partial charge on any atom is 0.0855 e. The molecule has 0 radical (unpaired) electrons. The molecule has 0 aromatic heterocycles. The highest BCUT2D eigenvalue weighted by molar-refractivity contribution is 4.90. The van der Waals surface area contributed by atoms with Gasteiger partial charge in [0.15, 0.2) is 0 Å². The van der Waals surface area contributed by atoms with Gasteiger partial charge in [-0.05, 0) is 19.8 Å². The van der Waals surface area contributed by atoms with Crippen LogP contribution in [0.5, 0.6) is 0 Å². The average Bonchev–Trinajstić information content (AvgIpc) is 2.46. The smallest absolute Gasteiger partial charge is 0.0855 e. The van der Waals surface area contributed by atoms with E-state index in [2.05, 4.69) is 24.1 Å². The second-order valence-electron chi connectivity index (χ2n) is 6.31. The van der Waals surface area contributed by atoms with Crippen molar-refractivity contribution < 1.29 is 4.74 Å². The lowest BCUT2D eigenvalue weighted by atomic mass is 9.97. The fourth-order valence-corrected chi connectivity index (χ4v) is 3.42. The molecule has 2 heterocycles. The first-order valence-electron chi connectivity index (χ1n) is 8.40. The zero-order valence-electron chi connectivity index (χ0n) is 12.9. The zero-order valence-corrected chi connectivity index (χ0v) is 12.9. The molecule has 0 aromatic carbocycles. The Morgan fingerprint density at radius 1 is 1.26 bits per heavy atom. The van der Waals surface area contributed by atoms with E-state index in [0.717, 1.165) is 25.7 Å². The van der Waals surface area contributed by atoms with E-state index >= 15 is 0 Å². The van der Waals surface area contributed by atoms with Gasteiger partial charge in [-0.3, -0.25) is 4.90 Å². The van der Waals surface area contributed by atoms with Gasteiger partial charge in [0.05, 0.1) is 12.7 Å². The summed E-state index contributed by atoms with van der Waals surface area (Å²) in [6.07, 6.45) is 10.0. The molecular weight excluding hydrogens is 236 g/mol.